The van der Waals surface area contributed by atoms with Crippen LogP contribution in [-0.2, 0) is 10.0 Å². The number of anilines is 2. The average Bonchev–Trinajstić information content (AvgIpc) is 2.43. The maximum Gasteiger partial charge on any atom is 0.264 e. The van der Waals surface area contributed by atoms with Gasteiger partial charge in [-0.2, -0.15) is 0 Å². The minimum atomic E-state index is -3.59. The van der Waals surface area contributed by atoms with Crippen LogP contribution in [0.15, 0.2) is 47.4 Å². The second-order valence-electron chi connectivity index (χ2n) is 4.98. The van der Waals surface area contributed by atoms with Crippen LogP contribution in [0.25, 0.3) is 0 Å². The van der Waals surface area contributed by atoms with Crippen molar-refractivity contribution in [2.75, 3.05) is 16.6 Å². The normalized spacial score (nSPS) is 11.4. The Morgan fingerprint density at radius 2 is 1.71 bits per heavy atom. The van der Waals surface area contributed by atoms with Gasteiger partial charge < -0.3 is 5.73 Å². The lowest BCUT2D eigenvalue weighted by Gasteiger charge is -2.24. The van der Waals surface area contributed by atoms with Crippen molar-refractivity contribution in [1.29, 1.82) is 0 Å². The van der Waals surface area contributed by atoms with Gasteiger partial charge in [0.15, 0.2) is 0 Å². The highest BCUT2D eigenvalue weighted by molar-refractivity contribution is 7.92. The highest BCUT2D eigenvalue weighted by Gasteiger charge is 2.25. The molecule has 0 saturated heterocycles. The Bertz CT molecular complexity index is 755. The zero-order chi connectivity index (χ0) is 15.6. The molecule has 0 aliphatic rings. The van der Waals surface area contributed by atoms with Crippen molar-refractivity contribution in [2.24, 2.45) is 0 Å². The zero-order valence-corrected chi connectivity index (χ0v) is 13.3. The lowest BCUT2D eigenvalue weighted by atomic mass is 10.2. The number of nitrogen functional groups attached to an aromatic ring is 1. The number of rotatable bonds is 4. The smallest absolute Gasteiger partial charge is 0.264 e. The van der Waals surface area contributed by atoms with Crippen molar-refractivity contribution in [3.05, 3.63) is 53.6 Å². The van der Waals surface area contributed by atoms with E-state index >= 15 is 0 Å². The van der Waals surface area contributed by atoms with Crippen LogP contribution < -0.4 is 10.0 Å². The number of nitrogens with two attached hydrogens (primary N) is 1. The highest BCUT2D eigenvalue weighted by atomic mass is 32.2. The van der Waals surface area contributed by atoms with Crippen LogP contribution >= 0.6 is 0 Å². The lowest BCUT2D eigenvalue weighted by Crippen LogP contribution is -2.31. The summed E-state index contributed by atoms with van der Waals surface area (Å²) in [4.78, 5) is 0.325. The van der Waals surface area contributed by atoms with Crippen molar-refractivity contribution in [3.63, 3.8) is 0 Å². The first-order chi connectivity index (χ1) is 9.87. The molecule has 0 bridgehead atoms. The third-order valence-corrected chi connectivity index (χ3v) is 5.56. The van der Waals surface area contributed by atoms with Crippen molar-refractivity contribution in [1.82, 2.24) is 0 Å². The van der Waals surface area contributed by atoms with Crippen molar-refractivity contribution >= 4 is 21.4 Å². The third-order valence-electron chi connectivity index (χ3n) is 3.50. The number of sulfonamides is 1. The lowest BCUT2D eigenvalue weighted by molar-refractivity contribution is 0.591. The Morgan fingerprint density at radius 1 is 1.05 bits per heavy atom. The van der Waals surface area contributed by atoms with E-state index < -0.39 is 10.0 Å². The first kappa shape index (κ1) is 15.4. The third kappa shape index (κ3) is 2.88. The van der Waals surface area contributed by atoms with E-state index in [0.717, 1.165) is 11.1 Å². The first-order valence-corrected chi connectivity index (χ1v) is 8.26. The molecular formula is C16H20N2O2S. The molecule has 0 spiro atoms. The number of hydrogen-bond acceptors (Lipinski definition) is 3. The van der Waals surface area contributed by atoms with Gasteiger partial charge in [0.2, 0.25) is 0 Å². The SMILES string of the molecule is CCN(c1ccc(C)c(N)c1)S(=O)(=O)c1ccccc1C. The fourth-order valence-corrected chi connectivity index (χ4v) is 3.93. The molecule has 0 saturated carbocycles. The fourth-order valence-electron chi connectivity index (χ4n) is 2.24. The number of hydrogen-bond donors (Lipinski definition) is 1. The van der Waals surface area contributed by atoms with Crippen molar-refractivity contribution in [3.8, 4) is 0 Å². The summed E-state index contributed by atoms with van der Waals surface area (Å²) in [6.45, 7) is 5.85. The molecule has 0 amide bonds. The van der Waals surface area contributed by atoms with Gasteiger partial charge in [0, 0.05) is 12.2 Å². The second kappa shape index (κ2) is 5.77. The van der Waals surface area contributed by atoms with Crippen molar-refractivity contribution < 1.29 is 8.42 Å². The van der Waals surface area contributed by atoms with Gasteiger partial charge >= 0.3 is 0 Å². The molecule has 0 heterocycles. The van der Waals surface area contributed by atoms with Gasteiger partial charge in [-0.05, 0) is 50.1 Å². The largest absolute Gasteiger partial charge is 0.398 e. The molecule has 0 aromatic heterocycles. The maximum absolute atomic E-state index is 12.9. The Balaban J connectivity index is 2.55. The van der Waals surface area contributed by atoms with E-state index in [9.17, 15) is 8.42 Å². The Kier molecular flexibility index (Phi) is 4.23. The van der Waals surface area contributed by atoms with Gasteiger partial charge in [-0.25, -0.2) is 8.42 Å². The van der Waals surface area contributed by atoms with Crippen molar-refractivity contribution in [2.45, 2.75) is 25.7 Å². The minimum Gasteiger partial charge on any atom is -0.398 e. The summed E-state index contributed by atoms with van der Waals surface area (Å²) < 4.78 is 27.1. The number of benzene rings is 2. The van der Waals surface area contributed by atoms with Crippen LogP contribution in [0.3, 0.4) is 0 Å². The fraction of sp³-hybridized carbons (Fsp3) is 0.250. The minimum absolute atomic E-state index is 0.325. The predicted octanol–water partition coefficient (Wildman–Crippen LogP) is 3.10. The van der Waals surface area contributed by atoms with E-state index in [1.54, 1.807) is 37.3 Å². The number of nitrogens with zero attached hydrogens (tertiary/aromatic N) is 1. The summed E-state index contributed by atoms with van der Waals surface area (Å²) in [5, 5.41) is 0. The van der Waals surface area contributed by atoms with Crippen LogP contribution in [0.1, 0.15) is 18.1 Å². The summed E-state index contributed by atoms with van der Waals surface area (Å²) in [6, 6.07) is 12.3. The van der Waals surface area contributed by atoms with E-state index in [4.69, 9.17) is 5.73 Å². The van der Waals surface area contributed by atoms with Crippen LogP contribution in [0.5, 0.6) is 0 Å². The summed E-state index contributed by atoms with van der Waals surface area (Å²) in [5.41, 5.74) is 8.75. The van der Waals surface area contributed by atoms with Crippen LogP contribution in [0.4, 0.5) is 11.4 Å². The van der Waals surface area contributed by atoms with Crippen LogP contribution in [0.2, 0.25) is 0 Å². The summed E-state index contributed by atoms with van der Waals surface area (Å²) >= 11 is 0. The molecule has 2 rings (SSSR count). The molecule has 0 aliphatic heterocycles. The Hall–Kier alpha value is -2.01. The van der Waals surface area contributed by atoms with E-state index in [2.05, 4.69) is 0 Å². The molecule has 0 aliphatic carbocycles. The quantitative estimate of drug-likeness (QED) is 0.883. The second-order valence-corrected chi connectivity index (χ2v) is 6.81. The Morgan fingerprint density at radius 3 is 2.29 bits per heavy atom. The van der Waals surface area contributed by atoms with Crippen LogP contribution in [0, 0.1) is 13.8 Å². The van der Waals surface area contributed by atoms with Gasteiger partial charge in [-0.3, -0.25) is 4.31 Å². The van der Waals surface area contributed by atoms with E-state index in [1.807, 2.05) is 26.0 Å². The van der Waals surface area contributed by atoms with Crippen LogP contribution in [-0.4, -0.2) is 15.0 Å². The van der Waals surface area contributed by atoms with E-state index in [1.165, 1.54) is 4.31 Å². The molecule has 0 unspecified atom stereocenters. The number of aryl methyl sites for hydroxylation is 2. The molecule has 2 aromatic rings. The topological polar surface area (TPSA) is 63.4 Å². The maximum atomic E-state index is 12.9. The van der Waals surface area contributed by atoms with Gasteiger partial charge in [-0.1, -0.05) is 24.3 Å². The summed E-state index contributed by atoms with van der Waals surface area (Å²) in [7, 11) is -3.59. The molecule has 0 fully saturated rings. The molecular weight excluding hydrogens is 284 g/mol. The molecule has 2 aromatic carbocycles. The molecule has 0 radical (unpaired) electrons. The molecule has 112 valence electrons. The summed E-state index contributed by atoms with van der Waals surface area (Å²) in [6.07, 6.45) is 0. The van der Waals surface area contributed by atoms with Gasteiger partial charge in [0.1, 0.15) is 0 Å². The molecule has 21 heavy (non-hydrogen) atoms. The standard InChI is InChI=1S/C16H20N2O2S/c1-4-18(14-10-9-12(2)15(17)11-14)21(19,20)16-8-6-5-7-13(16)3/h5-11H,4,17H2,1-3H3. The molecule has 5 heteroatoms. The van der Waals surface area contributed by atoms with Gasteiger partial charge in [-0.15, -0.1) is 0 Å². The van der Waals surface area contributed by atoms with E-state index in [-0.39, 0.29) is 0 Å². The van der Waals surface area contributed by atoms with Gasteiger partial charge in [0.05, 0.1) is 10.6 Å². The zero-order valence-electron chi connectivity index (χ0n) is 12.5. The average molecular weight is 304 g/mol. The molecule has 0 atom stereocenters. The predicted molar refractivity (Wildman–Crippen MR) is 87.0 cm³/mol. The summed E-state index contributed by atoms with van der Waals surface area (Å²) in [5.74, 6) is 0. The van der Waals surface area contributed by atoms with E-state index in [0.29, 0.717) is 22.8 Å². The molecule has 2 N–H and O–H groups in total. The molecule has 4 nitrogen and oxygen atoms in total. The highest BCUT2D eigenvalue weighted by Crippen LogP contribution is 2.27. The first-order valence-electron chi connectivity index (χ1n) is 6.82. The Labute approximate surface area is 126 Å². The monoisotopic (exact) mass is 304 g/mol. The van der Waals surface area contributed by atoms with Gasteiger partial charge in [0.25, 0.3) is 10.0 Å².